The van der Waals surface area contributed by atoms with Crippen molar-refractivity contribution in [2.75, 3.05) is 0 Å². The number of carboxylic acid groups (broad SMARTS) is 1. The van der Waals surface area contributed by atoms with Crippen LogP contribution in [-0.2, 0) is 17.6 Å². The minimum atomic E-state index is -0.912. The fraction of sp³-hybridized carbons (Fsp3) is 0.562. The van der Waals surface area contributed by atoms with E-state index in [1.807, 2.05) is 25.1 Å². The SMILES string of the molecule is CCC(C)(O)CC1(C(=O)O)CCc2ccccc2C1. The van der Waals surface area contributed by atoms with Gasteiger partial charge in [0.1, 0.15) is 0 Å². The highest BCUT2D eigenvalue weighted by Crippen LogP contribution is 2.42. The molecule has 0 saturated heterocycles. The van der Waals surface area contributed by atoms with Gasteiger partial charge in [0.25, 0.3) is 0 Å². The van der Waals surface area contributed by atoms with Gasteiger partial charge in [-0.05, 0) is 50.2 Å². The van der Waals surface area contributed by atoms with Gasteiger partial charge in [-0.25, -0.2) is 0 Å². The van der Waals surface area contributed by atoms with Crippen molar-refractivity contribution in [2.24, 2.45) is 5.41 Å². The molecule has 0 saturated carbocycles. The smallest absolute Gasteiger partial charge is 0.310 e. The Morgan fingerprint density at radius 1 is 1.37 bits per heavy atom. The van der Waals surface area contributed by atoms with E-state index in [1.54, 1.807) is 6.92 Å². The molecule has 1 aromatic rings. The highest BCUT2D eigenvalue weighted by atomic mass is 16.4. The van der Waals surface area contributed by atoms with Crippen molar-refractivity contribution >= 4 is 5.97 Å². The van der Waals surface area contributed by atoms with Crippen LogP contribution in [0, 0.1) is 5.41 Å². The number of aliphatic hydroxyl groups is 1. The van der Waals surface area contributed by atoms with E-state index in [9.17, 15) is 15.0 Å². The van der Waals surface area contributed by atoms with Gasteiger partial charge in [-0.3, -0.25) is 4.79 Å². The van der Waals surface area contributed by atoms with Crippen molar-refractivity contribution < 1.29 is 15.0 Å². The predicted octanol–water partition coefficient (Wildman–Crippen LogP) is 2.80. The van der Waals surface area contributed by atoms with E-state index in [-0.39, 0.29) is 0 Å². The van der Waals surface area contributed by atoms with E-state index >= 15 is 0 Å². The summed E-state index contributed by atoms with van der Waals surface area (Å²) in [5, 5.41) is 19.9. The first-order chi connectivity index (χ1) is 8.88. The summed E-state index contributed by atoms with van der Waals surface area (Å²) in [5.74, 6) is -0.782. The standard InChI is InChI=1S/C16H22O3/c1-3-15(2,19)11-16(14(17)18)9-8-12-6-4-5-7-13(12)10-16/h4-7,19H,3,8-11H2,1-2H3,(H,17,18). The first-order valence-electron chi connectivity index (χ1n) is 6.91. The molecule has 0 amide bonds. The lowest BCUT2D eigenvalue weighted by Gasteiger charge is -2.39. The fourth-order valence-corrected chi connectivity index (χ4v) is 3.06. The Balaban J connectivity index is 2.31. The zero-order chi connectivity index (χ0) is 14.1. The van der Waals surface area contributed by atoms with Crippen molar-refractivity contribution in [3.63, 3.8) is 0 Å². The lowest BCUT2D eigenvalue weighted by atomic mass is 9.66. The van der Waals surface area contributed by atoms with Crippen molar-refractivity contribution in [3.05, 3.63) is 35.4 Å². The fourth-order valence-electron chi connectivity index (χ4n) is 3.06. The van der Waals surface area contributed by atoms with E-state index in [1.165, 1.54) is 5.56 Å². The van der Waals surface area contributed by atoms with Gasteiger partial charge in [-0.2, -0.15) is 0 Å². The number of rotatable bonds is 4. The second-order valence-electron chi connectivity index (χ2n) is 6.06. The average Bonchev–Trinajstić information content (AvgIpc) is 2.38. The summed E-state index contributed by atoms with van der Waals surface area (Å²) in [6, 6.07) is 8.02. The Labute approximate surface area is 114 Å². The molecule has 2 N–H and O–H groups in total. The molecule has 3 nitrogen and oxygen atoms in total. The van der Waals surface area contributed by atoms with E-state index in [0.717, 1.165) is 12.0 Å². The third-order valence-corrected chi connectivity index (χ3v) is 4.45. The van der Waals surface area contributed by atoms with Crippen molar-refractivity contribution in [1.29, 1.82) is 0 Å². The molecule has 2 atom stereocenters. The van der Waals surface area contributed by atoms with Crippen LogP contribution in [0.3, 0.4) is 0 Å². The summed E-state index contributed by atoms with van der Waals surface area (Å²) >= 11 is 0. The van der Waals surface area contributed by atoms with Gasteiger partial charge in [-0.15, -0.1) is 0 Å². The molecular formula is C16H22O3. The van der Waals surface area contributed by atoms with Crippen LogP contribution in [0.15, 0.2) is 24.3 Å². The molecule has 0 fully saturated rings. The van der Waals surface area contributed by atoms with Gasteiger partial charge in [0.15, 0.2) is 0 Å². The first kappa shape index (κ1) is 14.1. The van der Waals surface area contributed by atoms with Gasteiger partial charge in [0.2, 0.25) is 0 Å². The number of aryl methyl sites for hydroxylation is 1. The van der Waals surface area contributed by atoms with Crippen LogP contribution in [0.4, 0.5) is 0 Å². The zero-order valence-electron chi connectivity index (χ0n) is 11.6. The predicted molar refractivity (Wildman–Crippen MR) is 74.1 cm³/mol. The number of fused-ring (bicyclic) bond motifs is 1. The highest BCUT2D eigenvalue weighted by molar-refractivity contribution is 5.76. The van der Waals surface area contributed by atoms with E-state index in [2.05, 4.69) is 6.07 Å². The van der Waals surface area contributed by atoms with Crippen LogP contribution in [0.25, 0.3) is 0 Å². The Hall–Kier alpha value is -1.35. The number of hydrogen-bond acceptors (Lipinski definition) is 2. The van der Waals surface area contributed by atoms with Crippen LogP contribution in [0.1, 0.15) is 44.2 Å². The monoisotopic (exact) mass is 262 g/mol. The molecular weight excluding hydrogens is 240 g/mol. The quantitative estimate of drug-likeness (QED) is 0.877. The van der Waals surface area contributed by atoms with E-state index in [0.29, 0.717) is 25.7 Å². The minimum absolute atomic E-state index is 0.320. The Kier molecular flexibility index (Phi) is 3.68. The normalized spacial score (nSPS) is 25.4. The van der Waals surface area contributed by atoms with Crippen LogP contribution in [0.5, 0.6) is 0 Å². The second-order valence-corrected chi connectivity index (χ2v) is 6.06. The molecule has 3 heteroatoms. The minimum Gasteiger partial charge on any atom is -0.481 e. The molecule has 1 aliphatic rings. The van der Waals surface area contributed by atoms with E-state index in [4.69, 9.17) is 0 Å². The molecule has 2 rings (SSSR count). The van der Waals surface area contributed by atoms with Crippen LogP contribution < -0.4 is 0 Å². The maximum Gasteiger partial charge on any atom is 0.310 e. The summed E-state index contributed by atoms with van der Waals surface area (Å²) in [6.45, 7) is 3.63. The molecule has 0 aliphatic heterocycles. The van der Waals surface area contributed by atoms with Gasteiger partial charge < -0.3 is 10.2 Å². The molecule has 19 heavy (non-hydrogen) atoms. The zero-order valence-corrected chi connectivity index (χ0v) is 11.6. The lowest BCUT2D eigenvalue weighted by molar-refractivity contribution is -0.154. The Morgan fingerprint density at radius 2 is 2.00 bits per heavy atom. The number of hydrogen-bond donors (Lipinski definition) is 2. The molecule has 0 heterocycles. The third kappa shape index (κ3) is 2.81. The van der Waals surface area contributed by atoms with Crippen LogP contribution in [0.2, 0.25) is 0 Å². The first-order valence-corrected chi connectivity index (χ1v) is 6.91. The highest BCUT2D eigenvalue weighted by Gasteiger charge is 2.45. The summed E-state index contributed by atoms with van der Waals surface area (Å²) in [5.41, 5.74) is 0.622. The average molecular weight is 262 g/mol. The van der Waals surface area contributed by atoms with Gasteiger partial charge in [0, 0.05) is 0 Å². The largest absolute Gasteiger partial charge is 0.481 e. The molecule has 2 unspecified atom stereocenters. The van der Waals surface area contributed by atoms with Crippen molar-refractivity contribution in [1.82, 2.24) is 0 Å². The molecule has 0 bridgehead atoms. The summed E-state index contributed by atoms with van der Waals surface area (Å²) in [4.78, 5) is 11.8. The van der Waals surface area contributed by atoms with E-state index < -0.39 is 17.0 Å². The number of carboxylic acids is 1. The Morgan fingerprint density at radius 3 is 2.58 bits per heavy atom. The molecule has 1 aliphatic carbocycles. The van der Waals surface area contributed by atoms with Crippen LogP contribution in [-0.4, -0.2) is 21.8 Å². The number of aliphatic carboxylic acids is 1. The second kappa shape index (κ2) is 4.97. The molecule has 0 spiro atoms. The third-order valence-electron chi connectivity index (χ3n) is 4.45. The maximum absolute atomic E-state index is 11.8. The summed E-state index contributed by atoms with van der Waals surface area (Å²) < 4.78 is 0. The number of carbonyl (C=O) groups is 1. The van der Waals surface area contributed by atoms with Crippen LogP contribution >= 0.6 is 0 Å². The summed E-state index contributed by atoms with van der Waals surface area (Å²) in [6.07, 6.45) is 2.80. The molecule has 0 radical (unpaired) electrons. The maximum atomic E-state index is 11.8. The van der Waals surface area contributed by atoms with Crippen molar-refractivity contribution in [3.8, 4) is 0 Å². The molecule has 104 valence electrons. The van der Waals surface area contributed by atoms with Gasteiger partial charge >= 0.3 is 5.97 Å². The lowest BCUT2D eigenvalue weighted by Crippen LogP contribution is -2.43. The summed E-state index contributed by atoms with van der Waals surface area (Å²) in [7, 11) is 0. The topological polar surface area (TPSA) is 57.5 Å². The molecule has 0 aromatic heterocycles. The van der Waals surface area contributed by atoms with Gasteiger partial charge in [-0.1, -0.05) is 31.2 Å². The molecule has 1 aromatic carbocycles. The van der Waals surface area contributed by atoms with Gasteiger partial charge in [0.05, 0.1) is 11.0 Å². The van der Waals surface area contributed by atoms with Crippen molar-refractivity contribution in [2.45, 2.75) is 51.6 Å². The Bertz CT molecular complexity index is 479. The number of benzene rings is 1.